The van der Waals surface area contributed by atoms with Gasteiger partial charge in [0.05, 0.1) is 0 Å². The average molecular weight is 183 g/mol. The van der Waals surface area contributed by atoms with E-state index in [2.05, 4.69) is 12.2 Å². The number of nitrogens with one attached hydrogen (secondary N) is 1. The molecule has 13 heavy (non-hydrogen) atoms. The monoisotopic (exact) mass is 183 g/mol. The first-order valence-corrected chi connectivity index (χ1v) is 4.81. The molecule has 0 radical (unpaired) electrons. The SMILES string of the molecule is CCC1(CN/C=C/C(=O)O)CCC1. The van der Waals surface area contributed by atoms with Gasteiger partial charge in [-0.1, -0.05) is 13.3 Å². The van der Waals surface area contributed by atoms with Crippen LogP contribution in [-0.4, -0.2) is 17.6 Å². The van der Waals surface area contributed by atoms with Crippen molar-refractivity contribution in [3.63, 3.8) is 0 Å². The molecule has 1 fully saturated rings. The van der Waals surface area contributed by atoms with Crippen LogP contribution in [-0.2, 0) is 4.79 Å². The summed E-state index contributed by atoms with van der Waals surface area (Å²) in [5.41, 5.74) is 0.447. The highest BCUT2D eigenvalue weighted by molar-refractivity contribution is 5.79. The van der Waals surface area contributed by atoms with Crippen molar-refractivity contribution in [3.8, 4) is 0 Å². The van der Waals surface area contributed by atoms with Gasteiger partial charge < -0.3 is 10.4 Å². The van der Waals surface area contributed by atoms with Crippen molar-refractivity contribution in [1.29, 1.82) is 0 Å². The molecule has 74 valence electrons. The number of hydrogen-bond donors (Lipinski definition) is 2. The van der Waals surface area contributed by atoms with E-state index in [0.29, 0.717) is 5.41 Å². The normalized spacial score (nSPS) is 19.8. The molecule has 0 saturated heterocycles. The molecule has 0 amide bonds. The van der Waals surface area contributed by atoms with E-state index in [4.69, 9.17) is 5.11 Å². The Morgan fingerprint density at radius 3 is 2.69 bits per heavy atom. The van der Waals surface area contributed by atoms with Crippen LogP contribution in [0.1, 0.15) is 32.6 Å². The summed E-state index contributed by atoms with van der Waals surface area (Å²) in [7, 11) is 0. The van der Waals surface area contributed by atoms with Gasteiger partial charge in [0.1, 0.15) is 0 Å². The molecule has 1 aliphatic carbocycles. The fourth-order valence-corrected chi connectivity index (χ4v) is 1.74. The molecular formula is C10H17NO2. The highest BCUT2D eigenvalue weighted by atomic mass is 16.4. The summed E-state index contributed by atoms with van der Waals surface area (Å²) in [6.07, 6.45) is 7.72. The lowest BCUT2D eigenvalue weighted by molar-refractivity contribution is -0.131. The van der Waals surface area contributed by atoms with Crippen molar-refractivity contribution in [2.45, 2.75) is 32.6 Å². The predicted octanol–water partition coefficient (Wildman–Crippen LogP) is 1.75. The molecule has 2 N–H and O–H groups in total. The summed E-state index contributed by atoms with van der Waals surface area (Å²) >= 11 is 0. The fraction of sp³-hybridized carbons (Fsp3) is 0.700. The van der Waals surface area contributed by atoms with Crippen molar-refractivity contribution in [1.82, 2.24) is 5.32 Å². The minimum atomic E-state index is -0.897. The zero-order valence-corrected chi connectivity index (χ0v) is 8.05. The highest BCUT2D eigenvalue weighted by Crippen LogP contribution is 2.42. The Morgan fingerprint density at radius 1 is 1.62 bits per heavy atom. The Kier molecular flexibility index (Phi) is 3.34. The Morgan fingerprint density at radius 2 is 2.31 bits per heavy atom. The molecular weight excluding hydrogens is 166 g/mol. The fourth-order valence-electron chi connectivity index (χ4n) is 1.74. The Bertz CT molecular complexity index is 201. The third-order valence-corrected chi connectivity index (χ3v) is 2.99. The van der Waals surface area contributed by atoms with Gasteiger partial charge in [-0.3, -0.25) is 0 Å². The number of carboxylic acid groups (broad SMARTS) is 1. The van der Waals surface area contributed by atoms with Crippen molar-refractivity contribution >= 4 is 5.97 Å². The molecule has 1 saturated carbocycles. The second-order valence-electron chi connectivity index (χ2n) is 3.76. The van der Waals surface area contributed by atoms with Gasteiger partial charge in [-0.05, 0) is 24.7 Å². The number of hydrogen-bond acceptors (Lipinski definition) is 2. The molecule has 0 aromatic carbocycles. The second kappa shape index (κ2) is 4.30. The number of carboxylic acids is 1. The van der Waals surface area contributed by atoms with Crippen molar-refractivity contribution in [2.24, 2.45) is 5.41 Å². The zero-order valence-electron chi connectivity index (χ0n) is 8.05. The molecule has 0 aromatic rings. The smallest absolute Gasteiger partial charge is 0.329 e. The van der Waals surface area contributed by atoms with Crippen LogP contribution in [0, 0.1) is 5.41 Å². The van der Waals surface area contributed by atoms with Gasteiger partial charge >= 0.3 is 5.97 Å². The summed E-state index contributed by atoms with van der Waals surface area (Å²) in [6, 6.07) is 0. The maximum absolute atomic E-state index is 10.2. The minimum absolute atomic E-state index is 0.447. The first-order chi connectivity index (χ1) is 6.18. The van der Waals surface area contributed by atoms with Crippen LogP contribution in [0.4, 0.5) is 0 Å². The average Bonchev–Trinajstić information content (AvgIpc) is 2.01. The van der Waals surface area contributed by atoms with Crippen LogP contribution in [0.2, 0.25) is 0 Å². The standard InChI is InChI=1S/C10H17NO2/c1-2-10(5-3-6-10)8-11-7-4-9(12)13/h4,7,11H,2-3,5-6,8H2,1H3,(H,12,13)/b7-4+. The molecule has 0 atom stereocenters. The zero-order chi connectivity index (χ0) is 9.73. The lowest BCUT2D eigenvalue weighted by Gasteiger charge is -2.41. The van der Waals surface area contributed by atoms with Gasteiger partial charge in [-0.2, -0.15) is 0 Å². The molecule has 3 nitrogen and oxygen atoms in total. The number of rotatable bonds is 5. The predicted molar refractivity (Wildman–Crippen MR) is 51.4 cm³/mol. The number of aliphatic carboxylic acids is 1. The maximum Gasteiger partial charge on any atom is 0.329 e. The van der Waals surface area contributed by atoms with Crippen molar-refractivity contribution in [3.05, 3.63) is 12.3 Å². The lowest BCUT2D eigenvalue weighted by Crippen LogP contribution is -2.37. The van der Waals surface area contributed by atoms with Gasteiger partial charge in [-0.15, -0.1) is 0 Å². The first-order valence-electron chi connectivity index (χ1n) is 4.81. The molecule has 0 bridgehead atoms. The maximum atomic E-state index is 10.2. The van der Waals surface area contributed by atoms with Crippen molar-refractivity contribution < 1.29 is 9.90 Å². The Balaban J connectivity index is 2.21. The van der Waals surface area contributed by atoms with Gasteiger partial charge in [0, 0.05) is 18.8 Å². The number of carbonyl (C=O) groups is 1. The van der Waals surface area contributed by atoms with E-state index in [-0.39, 0.29) is 0 Å². The van der Waals surface area contributed by atoms with Gasteiger partial charge in [0.2, 0.25) is 0 Å². The van der Waals surface area contributed by atoms with E-state index in [1.807, 2.05) is 0 Å². The Hall–Kier alpha value is -0.990. The van der Waals surface area contributed by atoms with E-state index in [1.54, 1.807) is 0 Å². The minimum Gasteiger partial charge on any atom is -0.478 e. The highest BCUT2D eigenvalue weighted by Gasteiger charge is 2.34. The van der Waals surface area contributed by atoms with Gasteiger partial charge in [-0.25, -0.2) is 4.79 Å². The molecule has 1 aliphatic rings. The Labute approximate surface area is 78.8 Å². The third kappa shape index (κ3) is 2.76. The lowest BCUT2D eigenvalue weighted by atomic mass is 9.67. The largest absolute Gasteiger partial charge is 0.478 e. The molecule has 1 rings (SSSR count). The first kappa shape index (κ1) is 10.1. The van der Waals surface area contributed by atoms with Crippen LogP contribution in [0.25, 0.3) is 0 Å². The summed E-state index contributed by atoms with van der Waals surface area (Å²) < 4.78 is 0. The molecule has 0 unspecified atom stereocenters. The van der Waals surface area contributed by atoms with Crippen LogP contribution in [0.5, 0.6) is 0 Å². The van der Waals surface area contributed by atoms with Crippen LogP contribution in [0.3, 0.4) is 0 Å². The third-order valence-electron chi connectivity index (χ3n) is 2.99. The van der Waals surface area contributed by atoms with Gasteiger partial charge in [0.15, 0.2) is 0 Å². The summed E-state index contributed by atoms with van der Waals surface area (Å²) in [5, 5.41) is 11.4. The van der Waals surface area contributed by atoms with E-state index in [9.17, 15) is 4.79 Å². The van der Waals surface area contributed by atoms with E-state index < -0.39 is 5.97 Å². The second-order valence-corrected chi connectivity index (χ2v) is 3.76. The van der Waals surface area contributed by atoms with E-state index >= 15 is 0 Å². The topological polar surface area (TPSA) is 49.3 Å². The summed E-state index contributed by atoms with van der Waals surface area (Å²) in [5.74, 6) is -0.897. The molecule has 3 heteroatoms. The molecule has 0 aromatic heterocycles. The molecule has 0 spiro atoms. The quantitative estimate of drug-likeness (QED) is 0.638. The summed E-state index contributed by atoms with van der Waals surface area (Å²) in [6.45, 7) is 3.11. The molecule has 0 heterocycles. The van der Waals surface area contributed by atoms with E-state index in [1.165, 1.54) is 31.9 Å². The molecule has 0 aliphatic heterocycles. The van der Waals surface area contributed by atoms with Gasteiger partial charge in [0.25, 0.3) is 0 Å². The summed E-state index contributed by atoms with van der Waals surface area (Å²) in [4.78, 5) is 10.2. The van der Waals surface area contributed by atoms with E-state index in [0.717, 1.165) is 12.6 Å². The van der Waals surface area contributed by atoms with Crippen LogP contribution >= 0.6 is 0 Å². The van der Waals surface area contributed by atoms with Crippen LogP contribution in [0.15, 0.2) is 12.3 Å². The van der Waals surface area contributed by atoms with Crippen molar-refractivity contribution in [2.75, 3.05) is 6.54 Å². The van der Waals surface area contributed by atoms with Crippen LogP contribution < -0.4 is 5.32 Å².